The number of anilines is 2. The molecule has 8 nitrogen and oxygen atoms in total. The maximum atomic E-state index is 12.6. The first-order valence-corrected chi connectivity index (χ1v) is 10.2. The third kappa shape index (κ3) is 4.23. The van der Waals surface area contributed by atoms with Gasteiger partial charge in [-0.3, -0.25) is 4.79 Å². The molecule has 1 aliphatic rings. The average molecular weight is 409 g/mol. The van der Waals surface area contributed by atoms with Gasteiger partial charge in [-0.05, 0) is 30.3 Å². The molecule has 2 N–H and O–H groups in total. The molecule has 0 aromatic carbocycles. The summed E-state index contributed by atoms with van der Waals surface area (Å²) < 4.78 is 2.07. The maximum Gasteiger partial charge on any atom is 0.252 e. The van der Waals surface area contributed by atoms with Crippen molar-refractivity contribution in [1.82, 2.24) is 19.7 Å². The minimum absolute atomic E-state index is 0.0219. The van der Waals surface area contributed by atoms with Gasteiger partial charge in [0.05, 0.1) is 5.56 Å². The van der Waals surface area contributed by atoms with Crippen LogP contribution in [0.5, 0.6) is 0 Å². The number of aliphatic hydroxyl groups excluding tert-OH is 1. The van der Waals surface area contributed by atoms with Crippen molar-refractivity contribution in [2.24, 2.45) is 5.41 Å². The van der Waals surface area contributed by atoms with Crippen molar-refractivity contribution in [3.8, 4) is 0 Å². The molecule has 3 aromatic heterocycles. The minimum atomic E-state index is -0.347. The van der Waals surface area contributed by atoms with Crippen LogP contribution in [0.25, 0.3) is 5.52 Å². The van der Waals surface area contributed by atoms with E-state index in [-0.39, 0.29) is 17.9 Å². The van der Waals surface area contributed by atoms with Crippen LogP contribution in [-0.2, 0) is 0 Å². The molecule has 0 bridgehead atoms. The number of piperazine rings is 1. The van der Waals surface area contributed by atoms with Gasteiger partial charge in [0.25, 0.3) is 5.91 Å². The largest absolute Gasteiger partial charge is 0.396 e. The van der Waals surface area contributed by atoms with Crippen LogP contribution in [0, 0.1) is 5.41 Å². The fraction of sp³-hybridized carbons (Fsp3) is 0.409. The Morgan fingerprint density at radius 3 is 2.43 bits per heavy atom. The summed E-state index contributed by atoms with van der Waals surface area (Å²) in [4.78, 5) is 25.8. The normalized spacial score (nSPS) is 14.9. The summed E-state index contributed by atoms with van der Waals surface area (Å²) in [6.45, 7) is 7.66. The number of amides is 1. The summed E-state index contributed by atoms with van der Waals surface area (Å²) in [6.07, 6.45) is 5.42. The molecule has 30 heavy (non-hydrogen) atoms. The monoisotopic (exact) mass is 408 g/mol. The summed E-state index contributed by atoms with van der Waals surface area (Å²) in [7, 11) is 0. The summed E-state index contributed by atoms with van der Waals surface area (Å²) in [5, 5.41) is 12.3. The van der Waals surface area contributed by atoms with E-state index in [1.807, 2.05) is 38.2 Å². The van der Waals surface area contributed by atoms with Gasteiger partial charge < -0.3 is 24.6 Å². The summed E-state index contributed by atoms with van der Waals surface area (Å²) in [5.74, 6) is 1.70. The van der Waals surface area contributed by atoms with E-state index < -0.39 is 0 Å². The van der Waals surface area contributed by atoms with Gasteiger partial charge in [0.15, 0.2) is 0 Å². The van der Waals surface area contributed by atoms with Gasteiger partial charge in [-0.2, -0.15) is 0 Å². The van der Waals surface area contributed by atoms with Gasteiger partial charge >= 0.3 is 0 Å². The molecule has 0 atom stereocenters. The number of hydrogen-bond donors (Lipinski definition) is 2. The molecule has 0 radical (unpaired) electrons. The lowest BCUT2D eigenvalue weighted by molar-refractivity contribution is 0.0910. The number of pyridine rings is 1. The summed E-state index contributed by atoms with van der Waals surface area (Å²) in [5.41, 5.74) is 1.30. The van der Waals surface area contributed by atoms with Gasteiger partial charge in [-0.15, -0.1) is 0 Å². The Bertz CT molecular complexity index is 1010. The highest BCUT2D eigenvalue weighted by molar-refractivity contribution is 5.94. The van der Waals surface area contributed by atoms with Crippen molar-refractivity contribution in [1.29, 1.82) is 0 Å². The fourth-order valence-electron chi connectivity index (χ4n) is 3.55. The molecule has 0 aliphatic carbocycles. The highest BCUT2D eigenvalue weighted by atomic mass is 16.3. The van der Waals surface area contributed by atoms with Crippen molar-refractivity contribution in [2.75, 3.05) is 49.1 Å². The summed E-state index contributed by atoms with van der Waals surface area (Å²) in [6, 6.07) is 9.79. The van der Waals surface area contributed by atoms with Gasteiger partial charge in [-0.1, -0.05) is 13.8 Å². The highest BCUT2D eigenvalue weighted by Crippen LogP contribution is 2.23. The Hall–Kier alpha value is -3.13. The van der Waals surface area contributed by atoms with E-state index in [1.54, 1.807) is 12.4 Å². The molecule has 4 heterocycles. The number of hydrogen-bond acceptors (Lipinski definition) is 6. The van der Waals surface area contributed by atoms with Crippen LogP contribution in [-0.4, -0.2) is 64.7 Å². The molecule has 8 heteroatoms. The van der Waals surface area contributed by atoms with Crippen LogP contribution in [0.15, 0.2) is 48.9 Å². The van der Waals surface area contributed by atoms with Crippen molar-refractivity contribution in [3.63, 3.8) is 0 Å². The molecule has 1 fully saturated rings. The fourth-order valence-corrected chi connectivity index (χ4v) is 3.55. The average Bonchev–Trinajstić information content (AvgIpc) is 3.21. The molecule has 3 aromatic rings. The predicted molar refractivity (Wildman–Crippen MR) is 117 cm³/mol. The van der Waals surface area contributed by atoms with Crippen molar-refractivity contribution in [3.05, 3.63) is 54.5 Å². The third-order valence-electron chi connectivity index (χ3n) is 5.49. The van der Waals surface area contributed by atoms with E-state index in [0.29, 0.717) is 12.1 Å². The second-order valence-corrected chi connectivity index (χ2v) is 8.43. The second kappa shape index (κ2) is 8.31. The Kier molecular flexibility index (Phi) is 5.59. The number of aromatic nitrogens is 3. The number of nitrogens with one attached hydrogen (secondary N) is 1. The van der Waals surface area contributed by atoms with Crippen LogP contribution in [0.1, 0.15) is 24.2 Å². The Labute approximate surface area is 176 Å². The van der Waals surface area contributed by atoms with Crippen molar-refractivity contribution >= 4 is 23.2 Å². The van der Waals surface area contributed by atoms with E-state index in [0.717, 1.165) is 43.5 Å². The highest BCUT2D eigenvalue weighted by Gasteiger charge is 2.22. The predicted octanol–water partition coefficient (Wildman–Crippen LogP) is 1.80. The van der Waals surface area contributed by atoms with Gasteiger partial charge in [0.1, 0.15) is 5.82 Å². The number of carbonyl (C=O) groups excluding carboxylic acids is 1. The molecule has 1 saturated heterocycles. The SMILES string of the molecule is CC(C)(CO)CNC(=O)c1ccc2ccc(N3CCN(c4ncccn4)CC3)n2c1. The molecule has 1 aliphatic heterocycles. The van der Waals surface area contributed by atoms with E-state index in [4.69, 9.17) is 0 Å². The first-order valence-electron chi connectivity index (χ1n) is 10.2. The smallest absolute Gasteiger partial charge is 0.252 e. The molecule has 0 spiro atoms. The zero-order chi connectivity index (χ0) is 21.1. The van der Waals surface area contributed by atoms with Crippen molar-refractivity contribution in [2.45, 2.75) is 13.8 Å². The van der Waals surface area contributed by atoms with Crippen LogP contribution in [0.2, 0.25) is 0 Å². The number of carbonyl (C=O) groups is 1. The lowest BCUT2D eigenvalue weighted by Crippen LogP contribution is -2.47. The summed E-state index contributed by atoms with van der Waals surface area (Å²) >= 11 is 0. The number of fused-ring (bicyclic) bond motifs is 1. The first kappa shape index (κ1) is 20.2. The van der Waals surface area contributed by atoms with Gasteiger partial charge in [0.2, 0.25) is 5.95 Å². The number of rotatable bonds is 6. The maximum absolute atomic E-state index is 12.6. The Morgan fingerprint density at radius 2 is 1.73 bits per heavy atom. The van der Waals surface area contributed by atoms with E-state index in [2.05, 4.69) is 41.6 Å². The van der Waals surface area contributed by atoms with Gasteiger partial charge in [0, 0.05) is 68.9 Å². The van der Waals surface area contributed by atoms with Gasteiger partial charge in [-0.25, -0.2) is 9.97 Å². The van der Waals surface area contributed by atoms with E-state index >= 15 is 0 Å². The molecular weight excluding hydrogens is 380 g/mol. The Morgan fingerprint density at radius 1 is 1.07 bits per heavy atom. The molecule has 0 saturated carbocycles. The molecular formula is C22H28N6O2. The van der Waals surface area contributed by atoms with Crippen molar-refractivity contribution < 1.29 is 9.90 Å². The van der Waals surface area contributed by atoms with Crippen LogP contribution in [0.3, 0.4) is 0 Å². The lowest BCUT2D eigenvalue weighted by atomic mass is 9.95. The first-order chi connectivity index (χ1) is 14.5. The lowest BCUT2D eigenvalue weighted by Gasteiger charge is -2.35. The minimum Gasteiger partial charge on any atom is -0.396 e. The Balaban J connectivity index is 1.48. The molecule has 158 valence electrons. The topological polar surface area (TPSA) is 86.0 Å². The number of nitrogens with zero attached hydrogens (tertiary/aromatic N) is 5. The van der Waals surface area contributed by atoms with Crippen LogP contribution in [0.4, 0.5) is 11.8 Å². The quantitative estimate of drug-likeness (QED) is 0.647. The third-order valence-corrected chi connectivity index (χ3v) is 5.49. The van der Waals surface area contributed by atoms with E-state index in [9.17, 15) is 9.90 Å². The number of aliphatic hydroxyl groups is 1. The molecule has 4 rings (SSSR count). The van der Waals surface area contributed by atoms with Crippen LogP contribution < -0.4 is 15.1 Å². The molecule has 1 amide bonds. The van der Waals surface area contributed by atoms with E-state index in [1.165, 1.54) is 0 Å². The second-order valence-electron chi connectivity index (χ2n) is 8.43. The van der Waals surface area contributed by atoms with Crippen LogP contribution >= 0.6 is 0 Å². The zero-order valence-electron chi connectivity index (χ0n) is 17.5. The zero-order valence-corrected chi connectivity index (χ0v) is 17.5. The molecule has 0 unspecified atom stereocenters. The standard InChI is InChI=1S/C22H28N6O2/c1-22(2,16-29)15-25-20(30)17-4-5-18-6-7-19(28(18)14-17)26-10-12-27(13-11-26)21-23-8-3-9-24-21/h3-9,14,29H,10-13,15-16H2,1-2H3,(H,25,30).